The van der Waals surface area contributed by atoms with E-state index < -0.39 is 0 Å². The first-order valence-corrected chi connectivity index (χ1v) is 10.6. The van der Waals surface area contributed by atoms with Crippen LogP contribution in [0.5, 0.6) is 5.75 Å². The standard InChI is InChI=1S/C22H34N2O2/c1-3-5-6-7-8-12-23-22(25)26-18-10-9-17-15-21-19(20(17)16-18)11-14-24(21)13-4-2/h9-10,16,19,21H,3-8,11-15H2,1-2H3,(H,23,25). The Kier molecular flexibility index (Phi) is 6.95. The molecule has 2 unspecified atom stereocenters. The topological polar surface area (TPSA) is 41.6 Å². The first kappa shape index (κ1) is 19.2. The number of nitrogens with zero attached hydrogens (tertiary/aromatic N) is 1. The van der Waals surface area contributed by atoms with E-state index in [1.807, 2.05) is 6.07 Å². The molecule has 2 atom stereocenters. The number of unbranched alkanes of at least 4 members (excludes halogenated alkanes) is 4. The smallest absolute Gasteiger partial charge is 0.410 e. The van der Waals surface area contributed by atoms with E-state index >= 15 is 0 Å². The molecule has 1 N–H and O–H groups in total. The molecule has 26 heavy (non-hydrogen) atoms. The summed E-state index contributed by atoms with van der Waals surface area (Å²) in [5.41, 5.74) is 2.84. The molecule has 0 spiro atoms. The maximum Gasteiger partial charge on any atom is 0.412 e. The number of benzene rings is 1. The summed E-state index contributed by atoms with van der Waals surface area (Å²) in [5, 5.41) is 2.88. The third kappa shape index (κ3) is 4.59. The van der Waals surface area contributed by atoms with Crippen LogP contribution in [0, 0.1) is 0 Å². The van der Waals surface area contributed by atoms with Crippen LogP contribution in [0.4, 0.5) is 4.79 Å². The molecule has 1 aromatic carbocycles. The summed E-state index contributed by atoms with van der Waals surface area (Å²) in [6.45, 7) is 7.56. The highest BCUT2D eigenvalue weighted by Crippen LogP contribution is 2.44. The molecule has 1 heterocycles. The van der Waals surface area contributed by atoms with E-state index in [4.69, 9.17) is 4.74 Å². The van der Waals surface area contributed by atoms with Crippen molar-refractivity contribution in [2.45, 2.75) is 77.2 Å². The molecule has 3 rings (SSSR count). The first-order chi connectivity index (χ1) is 12.7. The molecule has 0 radical (unpaired) electrons. The average molecular weight is 359 g/mol. The fourth-order valence-electron chi connectivity index (χ4n) is 4.57. The zero-order valence-electron chi connectivity index (χ0n) is 16.4. The number of fused-ring (bicyclic) bond motifs is 3. The molecule has 1 saturated heterocycles. The fraction of sp³-hybridized carbons (Fsp3) is 0.682. The number of likely N-dealkylation sites (tertiary alicyclic amines) is 1. The lowest BCUT2D eigenvalue weighted by molar-refractivity contribution is 0.200. The van der Waals surface area contributed by atoms with E-state index in [-0.39, 0.29) is 6.09 Å². The van der Waals surface area contributed by atoms with Crippen LogP contribution in [0.25, 0.3) is 0 Å². The second-order valence-corrected chi connectivity index (χ2v) is 7.79. The molecule has 1 aliphatic heterocycles. The second-order valence-electron chi connectivity index (χ2n) is 7.79. The molecule has 1 aliphatic carbocycles. The van der Waals surface area contributed by atoms with Gasteiger partial charge in [0.2, 0.25) is 0 Å². The summed E-state index contributed by atoms with van der Waals surface area (Å²) in [6, 6.07) is 6.86. The van der Waals surface area contributed by atoms with Crippen LogP contribution in [0.2, 0.25) is 0 Å². The quantitative estimate of drug-likeness (QED) is 0.640. The number of hydrogen-bond acceptors (Lipinski definition) is 3. The van der Waals surface area contributed by atoms with Gasteiger partial charge in [-0.05, 0) is 62.0 Å². The Morgan fingerprint density at radius 3 is 2.85 bits per heavy atom. The van der Waals surface area contributed by atoms with Crippen molar-refractivity contribution < 1.29 is 9.53 Å². The predicted octanol–water partition coefficient (Wildman–Crippen LogP) is 4.87. The van der Waals surface area contributed by atoms with Crippen LogP contribution in [0.1, 0.15) is 75.8 Å². The minimum atomic E-state index is -0.325. The van der Waals surface area contributed by atoms with E-state index in [2.05, 4.69) is 36.2 Å². The van der Waals surface area contributed by atoms with E-state index in [0.717, 1.165) is 12.8 Å². The second kappa shape index (κ2) is 9.40. The molecule has 0 saturated carbocycles. The fourth-order valence-corrected chi connectivity index (χ4v) is 4.57. The molecule has 1 amide bonds. The molecule has 0 aromatic heterocycles. The molecule has 0 bridgehead atoms. The van der Waals surface area contributed by atoms with Crippen molar-refractivity contribution in [3.8, 4) is 5.75 Å². The molecule has 1 fully saturated rings. The van der Waals surface area contributed by atoms with Crippen LogP contribution < -0.4 is 10.1 Å². The summed E-state index contributed by atoms with van der Waals surface area (Å²) < 4.78 is 5.53. The van der Waals surface area contributed by atoms with Gasteiger partial charge in [0.05, 0.1) is 0 Å². The van der Waals surface area contributed by atoms with E-state index in [1.165, 1.54) is 62.7 Å². The lowest BCUT2D eigenvalue weighted by Gasteiger charge is -2.22. The van der Waals surface area contributed by atoms with Gasteiger partial charge >= 0.3 is 6.09 Å². The van der Waals surface area contributed by atoms with Crippen molar-refractivity contribution >= 4 is 6.09 Å². The molecule has 4 heteroatoms. The van der Waals surface area contributed by atoms with Gasteiger partial charge in [-0.2, -0.15) is 0 Å². The number of carbonyl (C=O) groups is 1. The van der Waals surface area contributed by atoms with Gasteiger partial charge in [0.1, 0.15) is 5.75 Å². The number of rotatable bonds is 9. The zero-order chi connectivity index (χ0) is 18.4. The number of nitrogens with one attached hydrogen (secondary N) is 1. The minimum Gasteiger partial charge on any atom is -0.410 e. The molecule has 2 aliphatic rings. The summed E-state index contributed by atoms with van der Waals surface area (Å²) in [4.78, 5) is 14.7. The van der Waals surface area contributed by atoms with Gasteiger partial charge in [-0.15, -0.1) is 0 Å². The van der Waals surface area contributed by atoms with Gasteiger partial charge in [-0.25, -0.2) is 4.79 Å². The summed E-state index contributed by atoms with van der Waals surface area (Å²) >= 11 is 0. The highest BCUT2D eigenvalue weighted by Gasteiger charge is 2.40. The Labute approximate surface area is 158 Å². The van der Waals surface area contributed by atoms with E-state index in [1.54, 1.807) is 0 Å². The van der Waals surface area contributed by atoms with Gasteiger partial charge in [-0.1, -0.05) is 45.6 Å². The van der Waals surface area contributed by atoms with Crippen LogP contribution in [-0.4, -0.2) is 36.7 Å². The lowest BCUT2D eigenvalue weighted by atomic mass is 9.98. The van der Waals surface area contributed by atoms with Crippen molar-refractivity contribution in [2.75, 3.05) is 19.6 Å². The molecule has 1 aromatic rings. The maximum absolute atomic E-state index is 12.0. The molecular formula is C22H34N2O2. The van der Waals surface area contributed by atoms with Crippen LogP contribution >= 0.6 is 0 Å². The van der Waals surface area contributed by atoms with Crippen LogP contribution in [0.3, 0.4) is 0 Å². The maximum atomic E-state index is 12.0. The van der Waals surface area contributed by atoms with Crippen LogP contribution in [-0.2, 0) is 6.42 Å². The van der Waals surface area contributed by atoms with Gasteiger partial charge < -0.3 is 10.1 Å². The summed E-state index contributed by atoms with van der Waals surface area (Å²) in [7, 11) is 0. The Morgan fingerprint density at radius 1 is 1.19 bits per heavy atom. The normalized spacial score (nSPS) is 21.5. The molecule has 144 valence electrons. The predicted molar refractivity (Wildman–Crippen MR) is 106 cm³/mol. The molecular weight excluding hydrogens is 324 g/mol. The number of carbonyl (C=O) groups excluding carboxylic acids is 1. The van der Waals surface area contributed by atoms with Gasteiger partial charge in [0.25, 0.3) is 0 Å². The average Bonchev–Trinajstić information content (AvgIpc) is 3.18. The van der Waals surface area contributed by atoms with Crippen molar-refractivity contribution in [1.82, 2.24) is 10.2 Å². The highest BCUT2D eigenvalue weighted by atomic mass is 16.6. The summed E-state index contributed by atoms with van der Waals surface area (Å²) in [5.74, 6) is 1.29. The third-order valence-electron chi connectivity index (χ3n) is 5.88. The lowest BCUT2D eigenvalue weighted by Crippen LogP contribution is -2.31. The summed E-state index contributed by atoms with van der Waals surface area (Å²) in [6.07, 6.45) is 9.22. The van der Waals surface area contributed by atoms with Gasteiger partial charge in [0, 0.05) is 18.5 Å². The molecule has 4 nitrogen and oxygen atoms in total. The number of hydrogen-bond donors (Lipinski definition) is 1. The zero-order valence-corrected chi connectivity index (χ0v) is 16.4. The number of ether oxygens (including phenoxy) is 1. The van der Waals surface area contributed by atoms with Crippen molar-refractivity contribution in [3.63, 3.8) is 0 Å². The highest BCUT2D eigenvalue weighted by molar-refractivity contribution is 5.70. The van der Waals surface area contributed by atoms with Crippen LogP contribution in [0.15, 0.2) is 18.2 Å². The van der Waals surface area contributed by atoms with Crippen molar-refractivity contribution in [3.05, 3.63) is 29.3 Å². The Bertz CT molecular complexity index is 602. The van der Waals surface area contributed by atoms with Gasteiger partial charge in [0.15, 0.2) is 0 Å². The SMILES string of the molecule is CCCCCCCNC(=O)Oc1ccc2c(c1)C1CCN(CCC)C1C2. The van der Waals surface area contributed by atoms with E-state index in [0.29, 0.717) is 24.3 Å². The number of amides is 1. The Balaban J connectivity index is 1.49. The third-order valence-corrected chi connectivity index (χ3v) is 5.88. The van der Waals surface area contributed by atoms with Crippen molar-refractivity contribution in [2.24, 2.45) is 0 Å². The minimum absolute atomic E-state index is 0.325. The Hall–Kier alpha value is -1.55. The van der Waals surface area contributed by atoms with E-state index in [9.17, 15) is 4.79 Å². The Morgan fingerprint density at radius 2 is 2.04 bits per heavy atom. The van der Waals surface area contributed by atoms with Crippen molar-refractivity contribution in [1.29, 1.82) is 0 Å². The largest absolute Gasteiger partial charge is 0.412 e. The van der Waals surface area contributed by atoms with Gasteiger partial charge in [-0.3, -0.25) is 4.90 Å². The first-order valence-electron chi connectivity index (χ1n) is 10.6. The monoisotopic (exact) mass is 358 g/mol.